The fourth-order valence-electron chi connectivity index (χ4n) is 3.88. The van der Waals surface area contributed by atoms with Crippen molar-refractivity contribution in [1.29, 1.82) is 0 Å². The van der Waals surface area contributed by atoms with Crippen LogP contribution in [0.1, 0.15) is 44.2 Å². The molecule has 6 heteroatoms. The van der Waals surface area contributed by atoms with Crippen molar-refractivity contribution in [2.45, 2.75) is 44.7 Å². The lowest BCUT2D eigenvalue weighted by atomic mass is 9.95. The number of piperidine rings is 1. The first-order valence-electron chi connectivity index (χ1n) is 9.24. The Hall–Kier alpha value is -0.810. The summed E-state index contributed by atoms with van der Waals surface area (Å²) in [6.45, 7) is 6.01. The first-order chi connectivity index (χ1) is 12.0. The van der Waals surface area contributed by atoms with E-state index in [1.807, 2.05) is 12.1 Å². The molecule has 25 heavy (non-hydrogen) atoms. The molecule has 3 rings (SSSR count). The van der Waals surface area contributed by atoms with E-state index in [4.69, 9.17) is 23.2 Å². The molecule has 0 spiro atoms. The van der Waals surface area contributed by atoms with Gasteiger partial charge in [0.1, 0.15) is 0 Å². The third kappa shape index (κ3) is 4.88. The number of hydrogen-bond donors (Lipinski definition) is 2. The minimum Gasteiger partial charge on any atom is -0.354 e. The van der Waals surface area contributed by atoms with Crippen molar-refractivity contribution in [3.8, 4) is 0 Å². The van der Waals surface area contributed by atoms with Gasteiger partial charge in [0, 0.05) is 19.1 Å². The first-order valence-corrected chi connectivity index (χ1v) is 10.0. The number of nitrogens with zero attached hydrogens (tertiary/aromatic N) is 1. The number of likely N-dealkylation sites (tertiary alicyclic amines) is 1. The molecule has 1 aromatic rings. The Kier molecular flexibility index (Phi) is 6.61. The summed E-state index contributed by atoms with van der Waals surface area (Å²) in [7, 11) is 0. The lowest BCUT2D eigenvalue weighted by molar-refractivity contribution is -0.123. The summed E-state index contributed by atoms with van der Waals surface area (Å²) in [4.78, 5) is 14.7. The summed E-state index contributed by atoms with van der Waals surface area (Å²) in [6.07, 6.45) is 4.38. The molecule has 138 valence electrons. The van der Waals surface area contributed by atoms with Crippen LogP contribution in [0, 0.1) is 5.92 Å². The molecular weight excluding hydrogens is 357 g/mol. The summed E-state index contributed by atoms with van der Waals surface area (Å²) >= 11 is 12.2. The van der Waals surface area contributed by atoms with Crippen molar-refractivity contribution in [3.63, 3.8) is 0 Å². The van der Waals surface area contributed by atoms with Crippen LogP contribution < -0.4 is 10.6 Å². The van der Waals surface area contributed by atoms with E-state index in [9.17, 15) is 4.79 Å². The predicted octanol–water partition coefficient (Wildman–Crippen LogP) is 3.63. The second-order valence-corrected chi connectivity index (χ2v) is 8.06. The molecule has 3 unspecified atom stereocenters. The average Bonchev–Trinajstić information content (AvgIpc) is 3.16. The van der Waals surface area contributed by atoms with Crippen LogP contribution in [-0.2, 0) is 4.79 Å². The van der Waals surface area contributed by atoms with Gasteiger partial charge in [0.2, 0.25) is 5.91 Å². The van der Waals surface area contributed by atoms with Crippen molar-refractivity contribution in [2.24, 2.45) is 5.92 Å². The Labute approximate surface area is 160 Å². The monoisotopic (exact) mass is 383 g/mol. The molecular formula is C19H27Cl2N3O. The van der Waals surface area contributed by atoms with Gasteiger partial charge in [-0.1, -0.05) is 29.3 Å². The van der Waals surface area contributed by atoms with E-state index < -0.39 is 0 Å². The minimum absolute atomic E-state index is 0.00910. The zero-order valence-corrected chi connectivity index (χ0v) is 16.2. The Bertz CT molecular complexity index is 604. The van der Waals surface area contributed by atoms with Crippen molar-refractivity contribution < 1.29 is 4.79 Å². The van der Waals surface area contributed by atoms with E-state index in [0.29, 0.717) is 22.0 Å². The van der Waals surface area contributed by atoms with Crippen LogP contribution in [0.5, 0.6) is 0 Å². The molecule has 3 atom stereocenters. The van der Waals surface area contributed by atoms with Gasteiger partial charge in [-0.05, 0) is 69.3 Å². The van der Waals surface area contributed by atoms with E-state index in [0.717, 1.165) is 45.4 Å². The molecule has 1 amide bonds. The predicted molar refractivity (Wildman–Crippen MR) is 103 cm³/mol. The van der Waals surface area contributed by atoms with Crippen LogP contribution in [0.2, 0.25) is 10.0 Å². The molecule has 2 heterocycles. The first kappa shape index (κ1) is 19.0. The second-order valence-electron chi connectivity index (χ2n) is 7.25. The number of nitrogens with one attached hydrogen (secondary N) is 2. The van der Waals surface area contributed by atoms with Crippen molar-refractivity contribution >= 4 is 29.1 Å². The number of carbonyl (C=O) groups is 1. The zero-order chi connectivity index (χ0) is 17.8. The molecule has 0 aliphatic carbocycles. The van der Waals surface area contributed by atoms with Gasteiger partial charge in [-0.25, -0.2) is 0 Å². The number of benzene rings is 1. The van der Waals surface area contributed by atoms with Gasteiger partial charge in [0.25, 0.3) is 0 Å². The highest BCUT2D eigenvalue weighted by Gasteiger charge is 2.27. The van der Waals surface area contributed by atoms with Crippen molar-refractivity contribution in [2.75, 3.05) is 26.2 Å². The third-order valence-corrected chi connectivity index (χ3v) is 6.20. The van der Waals surface area contributed by atoms with E-state index >= 15 is 0 Å². The fraction of sp³-hybridized carbons (Fsp3) is 0.632. The molecule has 2 fully saturated rings. The van der Waals surface area contributed by atoms with Gasteiger partial charge in [0.15, 0.2) is 0 Å². The van der Waals surface area contributed by atoms with Crippen LogP contribution >= 0.6 is 23.2 Å². The Balaban J connectivity index is 1.53. The van der Waals surface area contributed by atoms with Crippen LogP contribution in [0.4, 0.5) is 0 Å². The Morgan fingerprint density at radius 1 is 1.32 bits per heavy atom. The number of amides is 1. The summed E-state index contributed by atoms with van der Waals surface area (Å²) < 4.78 is 0. The van der Waals surface area contributed by atoms with Gasteiger partial charge >= 0.3 is 0 Å². The standard InChI is InChI=1S/C19H27Cl2N3O/c1-13(15-6-7-16(20)17(21)10-15)24-9-3-4-14(12-24)11-23-19(25)18-5-2-8-22-18/h6-7,10,13-14,18,22H,2-5,8-9,11-12H2,1H3,(H,23,25). The fourth-order valence-corrected chi connectivity index (χ4v) is 4.18. The molecule has 0 aromatic heterocycles. The molecule has 0 radical (unpaired) electrons. The number of hydrogen-bond acceptors (Lipinski definition) is 3. The summed E-state index contributed by atoms with van der Waals surface area (Å²) in [5.74, 6) is 0.663. The molecule has 0 bridgehead atoms. The molecule has 0 saturated carbocycles. The zero-order valence-electron chi connectivity index (χ0n) is 14.7. The maximum Gasteiger partial charge on any atom is 0.237 e. The average molecular weight is 384 g/mol. The molecule has 1 aromatic carbocycles. The minimum atomic E-state index is 0.00910. The topological polar surface area (TPSA) is 44.4 Å². The third-order valence-electron chi connectivity index (χ3n) is 5.47. The van der Waals surface area contributed by atoms with Crippen molar-refractivity contribution in [1.82, 2.24) is 15.5 Å². The van der Waals surface area contributed by atoms with Gasteiger partial charge in [-0.2, -0.15) is 0 Å². The molecule has 4 nitrogen and oxygen atoms in total. The highest BCUT2D eigenvalue weighted by molar-refractivity contribution is 6.42. The molecule has 2 aliphatic rings. The van der Waals surface area contributed by atoms with Crippen molar-refractivity contribution in [3.05, 3.63) is 33.8 Å². The molecule has 2 saturated heterocycles. The second kappa shape index (κ2) is 8.72. The Morgan fingerprint density at radius 2 is 2.16 bits per heavy atom. The largest absolute Gasteiger partial charge is 0.354 e. The van der Waals surface area contributed by atoms with Gasteiger partial charge in [0.05, 0.1) is 16.1 Å². The summed E-state index contributed by atoms with van der Waals surface area (Å²) in [5.41, 5.74) is 1.19. The van der Waals surface area contributed by atoms with E-state index in [2.05, 4.69) is 28.5 Å². The van der Waals surface area contributed by atoms with Gasteiger partial charge in [-0.15, -0.1) is 0 Å². The van der Waals surface area contributed by atoms with Gasteiger partial charge < -0.3 is 10.6 Å². The lowest BCUT2D eigenvalue weighted by Crippen LogP contribution is -2.45. The van der Waals surface area contributed by atoms with E-state index in [1.54, 1.807) is 0 Å². The van der Waals surface area contributed by atoms with Crippen LogP contribution in [0.25, 0.3) is 0 Å². The maximum absolute atomic E-state index is 12.2. The quantitative estimate of drug-likeness (QED) is 0.815. The molecule has 2 aliphatic heterocycles. The Morgan fingerprint density at radius 3 is 2.88 bits per heavy atom. The van der Waals surface area contributed by atoms with E-state index in [-0.39, 0.29) is 11.9 Å². The number of halogens is 2. The number of rotatable bonds is 5. The summed E-state index contributed by atoms with van der Waals surface area (Å²) in [5, 5.41) is 7.60. The molecule has 2 N–H and O–H groups in total. The van der Waals surface area contributed by atoms with Crippen LogP contribution in [-0.4, -0.2) is 43.0 Å². The SMILES string of the molecule is CC(c1ccc(Cl)c(Cl)c1)N1CCCC(CNC(=O)C2CCCN2)C1. The maximum atomic E-state index is 12.2. The normalized spacial score (nSPS) is 25.7. The number of carbonyl (C=O) groups excluding carboxylic acids is 1. The van der Waals surface area contributed by atoms with Crippen LogP contribution in [0.3, 0.4) is 0 Å². The lowest BCUT2D eigenvalue weighted by Gasteiger charge is -2.37. The summed E-state index contributed by atoms with van der Waals surface area (Å²) in [6, 6.07) is 6.19. The van der Waals surface area contributed by atoms with E-state index in [1.165, 1.54) is 12.0 Å². The highest BCUT2D eigenvalue weighted by Crippen LogP contribution is 2.30. The van der Waals surface area contributed by atoms with Crippen LogP contribution in [0.15, 0.2) is 18.2 Å². The smallest absolute Gasteiger partial charge is 0.237 e. The highest BCUT2D eigenvalue weighted by atomic mass is 35.5. The van der Waals surface area contributed by atoms with Gasteiger partial charge in [-0.3, -0.25) is 9.69 Å².